The van der Waals surface area contributed by atoms with Gasteiger partial charge in [-0.3, -0.25) is 4.79 Å². The molecule has 0 aliphatic rings. The standard InChI is InChI=1S/C14H14N4O2S2/c1-3-20-14(19)9(2)22-12-7-6-11-15-16-13(18(11)17-12)10-5-4-8-21-10/h4-9H,3H2,1-2H3. The lowest BCUT2D eigenvalue weighted by molar-refractivity contribution is -0.142. The Balaban J connectivity index is 1.89. The molecule has 0 aliphatic heterocycles. The third-order valence-corrected chi connectivity index (χ3v) is 4.77. The van der Waals surface area contributed by atoms with Crippen LogP contribution in [0.25, 0.3) is 16.3 Å². The first kappa shape index (κ1) is 15.0. The van der Waals surface area contributed by atoms with Gasteiger partial charge in [0, 0.05) is 0 Å². The first-order valence-corrected chi connectivity index (χ1v) is 8.54. The Hall–Kier alpha value is -1.93. The molecule has 3 aromatic rings. The second-order valence-corrected chi connectivity index (χ2v) is 6.76. The predicted molar refractivity (Wildman–Crippen MR) is 86.0 cm³/mol. The molecular formula is C14H14N4O2S2. The van der Waals surface area contributed by atoms with E-state index in [0.717, 1.165) is 9.90 Å². The van der Waals surface area contributed by atoms with Crippen molar-refractivity contribution < 1.29 is 9.53 Å². The van der Waals surface area contributed by atoms with Crippen LogP contribution in [-0.4, -0.2) is 37.6 Å². The molecule has 0 aromatic carbocycles. The highest BCUT2D eigenvalue weighted by Crippen LogP contribution is 2.26. The summed E-state index contributed by atoms with van der Waals surface area (Å²) >= 11 is 2.94. The van der Waals surface area contributed by atoms with Crippen LogP contribution >= 0.6 is 23.1 Å². The number of carbonyl (C=O) groups excluding carboxylic acids is 1. The van der Waals surface area contributed by atoms with Crippen molar-refractivity contribution in [2.75, 3.05) is 6.61 Å². The summed E-state index contributed by atoms with van der Waals surface area (Å²) in [6.45, 7) is 3.98. The van der Waals surface area contributed by atoms with Gasteiger partial charge in [0.15, 0.2) is 11.5 Å². The van der Waals surface area contributed by atoms with E-state index < -0.39 is 0 Å². The molecule has 0 spiro atoms. The van der Waals surface area contributed by atoms with E-state index in [1.165, 1.54) is 11.8 Å². The number of carbonyl (C=O) groups is 1. The van der Waals surface area contributed by atoms with Crippen molar-refractivity contribution in [2.24, 2.45) is 0 Å². The van der Waals surface area contributed by atoms with Crippen LogP contribution in [0.5, 0.6) is 0 Å². The number of hydrogen-bond acceptors (Lipinski definition) is 7. The molecule has 0 saturated heterocycles. The van der Waals surface area contributed by atoms with Crippen LogP contribution < -0.4 is 0 Å². The average Bonchev–Trinajstić information content (AvgIpc) is 3.15. The van der Waals surface area contributed by atoms with E-state index in [9.17, 15) is 4.79 Å². The van der Waals surface area contributed by atoms with Gasteiger partial charge in [-0.25, -0.2) is 0 Å². The summed E-state index contributed by atoms with van der Waals surface area (Å²) in [5.74, 6) is 0.466. The highest BCUT2D eigenvalue weighted by Gasteiger charge is 2.17. The van der Waals surface area contributed by atoms with Crippen LogP contribution in [0.1, 0.15) is 13.8 Å². The molecule has 8 heteroatoms. The van der Waals surface area contributed by atoms with E-state index in [-0.39, 0.29) is 11.2 Å². The fraction of sp³-hybridized carbons (Fsp3) is 0.286. The maximum atomic E-state index is 11.7. The third-order valence-electron chi connectivity index (χ3n) is 2.90. The van der Waals surface area contributed by atoms with Gasteiger partial charge in [0.25, 0.3) is 0 Å². The fourth-order valence-corrected chi connectivity index (χ4v) is 3.38. The summed E-state index contributed by atoms with van der Waals surface area (Å²) in [5, 5.41) is 15.2. The lowest BCUT2D eigenvalue weighted by Gasteiger charge is -2.09. The third kappa shape index (κ3) is 2.97. The molecule has 0 fully saturated rings. The van der Waals surface area contributed by atoms with Crippen molar-refractivity contribution in [3.8, 4) is 10.7 Å². The molecule has 0 aliphatic carbocycles. The molecule has 114 valence electrons. The fourth-order valence-electron chi connectivity index (χ4n) is 1.88. The lowest BCUT2D eigenvalue weighted by Crippen LogP contribution is -2.17. The smallest absolute Gasteiger partial charge is 0.319 e. The monoisotopic (exact) mass is 334 g/mol. The van der Waals surface area contributed by atoms with E-state index >= 15 is 0 Å². The van der Waals surface area contributed by atoms with E-state index in [4.69, 9.17) is 4.74 Å². The SMILES string of the molecule is CCOC(=O)C(C)Sc1ccc2nnc(-c3cccs3)n2n1. The van der Waals surface area contributed by atoms with Crippen molar-refractivity contribution in [1.82, 2.24) is 19.8 Å². The van der Waals surface area contributed by atoms with Crippen LogP contribution in [0.3, 0.4) is 0 Å². The lowest BCUT2D eigenvalue weighted by atomic mass is 10.4. The van der Waals surface area contributed by atoms with Gasteiger partial charge in [-0.15, -0.1) is 21.5 Å². The van der Waals surface area contributed by atoms with Crippen LogP contribution in [-0.2, 0) is 9.53 Å². The maximum Gasteiger partial charge on any atom is 0.319 e. The summed E-state index contributed by atoms with van der Waals surface area (Å²) in [4.78, 5) is 12.7. The molecule has 3 aromatic heterocycles. The Labute approximate surface area is 135 Å². The minimum absolute atomic E-state index is 0.239. The number of hydrogen-bond donors (Lipinski definition) is 0. The molecule has 1 atom stereocenters. The molecule has 0 N–H and O–H groups in total. The highest BCUT2D eigenvalue weighted by molar-refractivity contribution is 8.00. The average molecular weight is 334 g/mol. The zero-order chi connectivity index (χ0) is 15.5. The number of ether oxygens (including phenoxy) is 1. The molecule has 0 amide bonds. The van der Waals surface area contributed by atoms with Gasteiger partial charge >= 0.3 is 5.97 Å². The van der Waals surface area contributed by atoms with E-state index in [2.05, 4.69) is 15.3 Å². The summed E-state index contributed by atoms with van der Waals surface area (Å²) in [5.41, 5.74) is 0.677. The quantitative estimate of drug-likeness (QED) is 0.528. The zero-order valence-corrected chi connectivity index (χ0v) is 13.7. The van der Waals surface area contributed by atoms with Gasteiger partial charge in [-0.2, -0.15) is 9.61 Å². The van der Waals surface area contributed by atoms with Gasteiger partial charge in [0.05, 0.1) is 11.5 Å². The van der Waals surface area contributed by atoms with Gasteiger partial charge < -0.3 is 4.74 Å². The summed E-state index contributed by atoms with van der Waals surface area (Å²) in [6.07, 6.45) is 0. The minimum Gasteiger partial charge on any atom is -0.465 e. The molecule has 0 saturated carbocycles. The predicted octanol–water partition coefficient (Wildman–Crippen LogP) is 2.90. The minimum atomic E-state index is -0.313. The van der Waals surface area contributed by atoms with Crippen molar-refractivity contribution >= 4 is 34.7 Å². The van der Waals surface area contributed by atoms with E-state index in [1.807, 2.05) is 29.6 Å². The Morgan fingerprint density at radius 3 is 3.00 bits per heavy atom. The Morgan fingerprint density at radius 1 is 1.41 bits per heavy atom. The molecule has 1 unspecified atom stereocenters. The van der Waals surface area contributed by atoms with E-state index in [1.54, 1.807) is 29.7 Å². The number of aromatic nitrogens is 4. The van der Waals surface area contributed by atoms with Crippen LogP contribution in [0.15, 0.2) is 34.7 Å². The number of esters is 1. The summed E-state index contributed by atoms with van der Waals surface area (Å²) < 4.78 is 6.71. The Bertz CT molecular complexity index is 785. The first-order valence-electron chi connectivity index (χ1n) is 6.78. The molecule has 22 heavy (non-hydrogen) atoms. The molecule has 0 radical (unpaired) electrons. The number of nitrogens with zero attached hydrogens (tertiary/aromatic N) is 4. The second-order valence-electron chi connectivity index (χ2n) is 4.45. The van der Waals surface area contributed by atoms with Crippen molar-refractivity contribution in [2.45, 2.75) is 24.1 Å². The molecule has 0 bridgehead atoms. The van der Waals surface area contributed by atoms with Crippen molar-refractivity contribution in [1.29, 1.82) is 0 Å². The molecular weight excluding hydrogens is 320 g/mol. The largest absolute Gasteiger partial charge is 0.465 e. The normalized spacial score (nSPS) is 12.5. The Morgan fingerprint density at radius 2 is 2.27 bits per heavy atom. The zero-order valence-electron chi connectivity index (χ0n) is 12.1. The highest BCUT2D eigenvalue weighted by atomic mass is 32.2. The van der Waals surface area contributed by atoms with Crippen molar-refractivity contribution in [3.05, 3.63) is 29.6 Å². The summed E-state index contributed by atoms with van der Waals surface area (Å²) in [7, 11) is 0. The maximum absolute atomic E-state index is 11.7. The Kier molecular flexibility index (Phi) is 4.39. The number of fused-ring (bicyclic) bond motifs is 1. The molecule has 3 heterocycles. The topological polar surface area (TPSA) is 69.4 Å². The van der Waals surface area contributed by atoms with Crippen LogP contribution in [0.2, 0.25) is 0 Å². The first-order chi connectivity index (χ1) is 10.7. The van der Waals surface area contributed by atoms with Gasteiger partial charge in [-0.1, -0.05) is 17.8 Å². The van der Waals surface area contributed by atoms with E-state index in [0.29, 0.717) is 18.1 Å². The van der Waals surface area contributed by atoms with Gasteiger partial charge in [0.2, 0.25) is 0 Å². The molecule has 3 rings (SSSR count). The second kappa shape index (κ2) is 6.45. The van der Waals surface area contributed by atoms with Gasteiger partial charge in [0.1, 0.15) is 10.3 Å². The van der Waals surface area contributed by atoms with Crippen LogP contribution in [0.4, 0.5) is 0 Å². The number of rotatable bonds is 5. The number of thioether (sulfide) groups is 1. The van der Waals surface area contributed by atoms with Crippen LogP contribution in [0, 0.1) is 0 Å². The van der Waals surface area contributed by atoms with Crippen molar-refractivity contribution in [3.63, 3.8) is 0 Å². The number of thiophene rings is 1. The molecule has 6 nitrogen and oxygen atoms in total. The summed E-state index contributed by atoms with van der Waals surface area (Å²) in [6, 6.07) is 7.62. The van der Waals surface area contributed by atoms with Gasteiger partial charge in [-0.05, 0) is 37.4 Å².